The Bertz CT molecular complexity index is 519. The van der Waals surface area contributed by atoms with E-state index in [0.29, 0.717) is 5.41 Å². The van der Waals surface area contributed by atoms with Gasteiger partial charge >= 0.3 is 0 Å². The summed E-state index contributed by atoms with van der Waals surface area (Å²) in [5.41, 5.74) is 2.40. The lowest BCUT2D eigenvalue weighted by Crippen LogP contribution is -2.45. The van der Waals surface area contributed by atoms with Crippen LogP contribution in [0, 0.1) is 18.3 Å². The van der Waals surface area contributed by atoms with Crippen molar-refractivity contribution >= 4 is 0 Å². The van der Waals surface area contributed by atoms with Crippen LogP contribution >= 0.6 is 0 Å². The Labute approximate surface area is 128 Å². The molecule has 0 bridgehead atoms. The maximum absolute atomic E-state index is 10.5. The van der Waals surface area contributed by atoms with Crippen LogP contribution in [-0.4, -0.2) is 10.7 Å². The van der Waals surface area contributed by atoms with Gasteiger partial charge in [-0.2, -0.15) is 0 Å². The fraction of sp³-hybridized carbons (Fsp3) is 0.684. The van der Waals surface area contributed by atoms with E-state index >= 15 is 0 Å². The van der Waals surface area contributed by atoms with Crippen molar-refractivity contribution in [3.63, 3.8) is 0 Å². The van der Waals surface area contributed by atoms with Crippen molar-refractivity contribution in [2.45, 2.75) is 71.5 Å². The Morgan fingerprint density at radius 3 is 2.48 bits per heavy atom. The van der Waals surface area contributed by atoms with Crippen LogP contribution in [0.15, 0.2) is 18.2 Å². The number of hydrogen-bond donors (Lipinski definition) is 1. The van der Waals surface area contributed by atoms with Crippen LogP contribution < -0.4 is 4.74 Å². The van der Waals surface area contributed by atoms with Gasteiger partial charge in [0.1, 0.15) is 11.4 Å². The molecule has 0 radical (unpaired) electrons. The predicted octanol–water partition coefficient (Wildman–Crippen LogP) is 4.79. The fourth-order valence-corrected chi connectivity index (χ4v) is 4.07. The van der Waals surface area contributed by atoms with Crippen LogP contribution in [0.3, 0.4) is 0 Å². The summed E-state index contributed by atoms with van der Waals surface area (Å²) in [5.74, 6) is 1.66. The van der Waals surface area contributed by atoms with E-state index in [0.717, 1.165) is 36.5 Å². The predicted molar refractivity (Wildman–Crippen MR) is 85.5 cm³/mol. The Balaban J connectivity index is 1.79. The monoisotopic (exact) mass is 288 g/mol. The molecule has 21 heavy (non-hydrogen) atoms. The molecule has 2 nitrogen and oxygen atoms in total. The van der Waals surface area contributed by atoms with E-state index in [9.17, 15) is 5.11 Å². The van der Waals surface area contributed by atoms with Gasteiger partial charge in [0.15, 0.2) is 0 Å². The van der Waals surface area contributed by atoms with Crippen LogP contribution in [0.25, 0.3) is 0 Å². The van der Waals surface area contributed by atoms with Crippen molar-refractivity contribution < 1.29 is 9.84 Å². The Kier molecular flexibility index (Phi) is 3.56. The van der Waals surface area contributed by atoms with E-state index in [1.807, 2.05) is 6.07 Å². The minimum Gasteiger partial charge on any atom is -0.487 e. The highest BCUT2D eigenvalue weighted by Crippen LogP contribution is 2.49. The van der Waals surface area contributed by atoms with Gasteiger partial charge in [-0.3, -0.25) is 0 Å². The summed E-state index contributed by atoms with van der Waals surface area (Å²) in [6.45, 7) is 9.07. The molecule has 116 valence electrons. The van der Waals surface area contributed by atoms with E-state index in [2.05, 4.69) is 39.8 Å². The molecule has 0 saturated heterocycles. The quantitative estimate of drug-likeness (QED) is 0.744. The van der Waals surface area contributed by atoms with Crippen LogP contribution in [-0.2, 0) is 0 Å². The van der Waals surface area contributed by atoms with Gasteiger partial charge in [0.25, 0.3) is 0 Å². The molecule has 1 aliphatic heterocycles. The summed E-state index contributed by atoms with van der Waals surface area (Å²) >= 11 is 0. The van der Waals surface area contributed by atoms with Crippen LogP contribution in [0.5, 0.6) is 5.75 Å². The molecule has 1 N–H and O–H groups in total. The first kappa shape index (κ1) is 14.9. The number of aliphatic hydroxyl groups excluding tert-OH is 1. The maximum atomic E-state index is 10.5. The summed E-state index contributed by atoms with van der Waals surface area (Å²) in [6, 6.07) is 6.17. The number of ether oxygens (including phenoxy) is 1. The zero-order valence-corrected chi connectivity index (χ0v) is 13.8. The van der Waals surface area contributed by atoms with Gasteiger partial charge in [0, 0.05) is 12.0 Å². The third kappa shape index (κ3) is 2.83. The van der Waals surface area contributed by atoms with Crippen molar-refractivity contribution in [2.75, 3.05) is 0 Å². The minimum atomic E-state index is -0.375. The highest BCUT2D eigenvalue weighted by molar-refractivity contribution is 5.41. The lowest BCUT2D eigenvalue weighted by Gasteiger charge is -2.47. The molecule has 1 aromatic carbocycles. The fourth-order valence-electron chi connectivity index (χ4n) is 4.07. The van der Waals surface area contributed by atoms with Crippen molar-refractivity contribution in [1.82, 2.24) is 0 Å². The highest BCUT2D eigenvalue weighted by Gasteiger charge is 2.44. The molecule has 1 aromatic rings. The average Bonchev–Trinajstić information content (AvgIpc) is 2.39. The smallest absolute Gasteiger partial charge is 0.125 e. The van der Waals surface area contributed by atoms with E-state index in [-0.39, 0.29) is 11.7 Å². The van der Waals surface area contributed by atoms with Crippen molar-refractivity contribution in [1.29, 1.82) is 0 Å². The Hall–Kier alpha value is -1.02. The second kappa shape index (κ2) is 5.01. The number of rotatable bonds is 0. The topological polar surface area (TPSA) is 29.5 Å². The van der Waals surface area contributed by atoms with E-state index in [1.165, 1.54) is 18.4 Å². The molecule has 3 rings (SSSR count). The molecule has 1 saturated carbocycles. The number of aryl methyl sites for hydroxylation is 1. The van der Waals surface area contributed by atoms with Crippen LogP contribution in [0.4, 0.5) is 0 Å². The molecule has 2 heteroatoms. The lowest BCUT2D eigenvalue weighted by molar-refractivity contribution is -0.0564. The standard InChI is InChI=1S/C19H28O2/c1-13-5-6-17-15(11-13)16(20)12-19(21-17)9-7-14(8-10-19)18(2,3)4/h5-6,11,14,16,20H,7-10,12H2,1-4H3/t14?,16-,19?/m0/s1. The lowest BCUT2D eigenvalue weighted by atomic mass is 9.66. The van der Waals surface area contributed by atoms with Crippen LogP contribution in [0.2, 0.25) is 0 Å². The van der Waals surface area contributed by atoms with Crippen LogP contribution in [0.1, 0.15) is 70.1 Å². The van der Waals surface area contributed by atoms with E-state index in [4.69, 9.17) is 4.74 Å². The van der Waals surface area contributed by atoms with Gasteiger partial charge in [-0.15, -0.1) is 0 Å². The molecule has 0 unspecified atom stereocenters. The second-order valence-corrected chi connectivity index (χ2v) is 8.19. The zero-order valence-electron chi connectivity index (χ0n) is 13.8. The van der Waals surface area contributed by atoms with Gasteiger partial charge in [-0.1, -0.05) is 32.4 Å². The number of hydrogen-bond acceptors (Lipinski definition) is 2. The first-order valence-electron chi connectivity index (χ1n) is 8.27. The average molecular weight is 288 g/mol. The van der Waals surface area contributed by atoms with E-state index < -0.39 is 0 Å². The zero-order chi connectivity index (χ0) is 15.3. The van der Waals surface area contributed by atoms with Crippen molar-refractivity contribution in [3.05, 3.63) is 29.3 Å². The number of aliphatic hydroxyl groups is 1. The highest BCUT2D eigenvalue weighted by atomic mass is 16.5. The SMILES string of the molecule is Cc1ccc2c(c1)[C@@H](O)CC1(CCC(C(C)(C)C)CC1)O2. The summed E-state index contributed by atoms with van der Waals surface area (Å²) < 4.78 is 6.39. The second-order valence-electron chi connectivity index (χ2n) is 8.19. The van der Waals surface area contributed by atoms with E-state index in [1.54, 1.807) is 0 Å². The van der Waals surface area contributed by atoms with Gasteiger partial charge in [0.2, 0.25) is 0 Å². The van der Waals surface area contributed by atoms with Gasteiger partial charge < -0.3 is 9.84 Å². The third-order valence-corrected chi connectivity index (χ3v) is 5.54. The van der Waals surface area contributed by atoms with Crippen molar-refractivity contribution in [3.8, 4) is 5.75 Å². The van der Waals surface area contributed by atoms with Gasteiger partial charge in [-0.05, 0) is 56.1 Å². The Morgan fingerprint density at radius 2 is 1.86 bits per heavy atom. The Morgan fingerprint density at radius 1 is 1.19 bits per heavy atom. The molecular formula is C19H28O2. The first-order chi connectivity index (χ1) is 9.79. The minimum absolute atomic E-state index is 0.135. The summed E-state index contributed by atoms with van der Waals surface area (Å²) in [4.78, 5) is 0. The molecule has 1 fully saturated rings. The normalized spacial score (nSPS) is 32.6. The molecule has 2 aliphatic rings. The first-order valence-corrected chi connectivity index (χ1v) is 8.27. The molecule has 0 amide bonds. The van der Waals surface area contributed by atoms with Gasteiger partial charge in [-0.25, -0.2) is 0 Å². The van der Waals surface area contributed by atoms with Gasteiger partial charge in [0.05, 0.1) is 6.10 Å². The molecule has 0 aromatic heterocycles. The molecule has 1 spiro atoms. The number of fused-ring (bicyclic) bond motifs is 1. The molecule has 1 atom stereocenters. The number of benzene rings is 1. The third-order valence-electron chi connectivity index (χ3n) is 5.54. The maximum Gasteiger partial charge on any atom is 0.125 e. The van der Waals surface area contributed by atoms with Crippen molar-refractivity contribution in [2.24, 2.45) is 11.3 Å². The summed E-state index contributed by atoms with van der Waals surface area (Å²) in [7, 11) is 0. The summed E-state index contributed by atoms with van der Waals surface area (Å²) in [5, 5.41) is 10.5. The molecule has 1 aliphatic carbocycles. The molecule has 1 heterocycles. The molecular weight excluding hydrogens is 260 g/mol. The summed E-state index contributed by atoms with van der Waals surface area (Å²) in [6.07, 6.45) is 4.92. The largest absolute Gasteiger partial charge is 0.487 e.